The fourth-order valence-electron chi connectivity index (χ4n) is 1.92. The third-order valence-electron chi connectivity index (χ3n) is 2.77. The lowest BCUT2D eigenvalue weighted by Gasteiger charge is -2.19. The van der Waals surface area contributed by atoms with Crippen LogP contribution >= 0.6 is 0 Å². The Labute approximate surface area is 106 Å². The van der Waals surface area contributed by atoms with Crippen LogP contribution in [0.15, 0.2) is 24.3 Å². The molecule has 0 heterocycles. The average molecular weight is 251 g/mol. The first kappa shape index (κ1) is 12.9. The molecule has 1 aromatic rings. The van der Waals surface area contributed by atoms with Gasteiger partial charge in [-0.05, 0) is 44.9 Å². The normalized spacial score (nSPS) is 22.4. The lowest BCUT2D eigenvalue weighted by atomic mass is 10.1. The number of hydrogen-bond acceptors (Lipinski definition) is 2. The highest BCUT2D eigenvalue weighted by Gasteiger charge is 2.40. The molecule has 0 aliphatic heterocycles. The van der Waals surface area contributed by atoms with Crippen LogP contribution in [0.1, 0.15) is 38.7 Å². The summed E-state index contributed by atoms with van der Waals surface area (Å²) in [7, 11) is 0. The van der Waals surface area contributed by atoms with Gasteiger partial charge in [-0.15, -0.1) is 0 Å². The summed E-state index contributed by atoms with van der Waals surface area (Å²) in [6.07, 6.45) is 0.425. The van der Waals surface area contributed by atoms with Crippen LogP contribution in [0.5, 0.6) is 0 Å². The maximum atomic E-state index is 13.1. The lowest BCUT2D eigenvalue weighted by molar-refractivity contribution is 0.0523. The van der Waals surface area contributed by atoms with E-state index in [4.69, 9.17) is 4.74 Å². The predicted octanol–water partition coefficient (Wildman–Crippen LogP) is 3.21. The number of halogens is 1. The van der Waals surface area contributed by atoms with E-state index in [1.807, 2.05) is 26.8 Å². The second kappa shape index (κ2) is 4.59. The van der Waals surface area contributed by atoms with Crippen LogP contribution in [0.25, 0.3) is 0 Å². The fraction of sp³-hybridized carbons (Fsp3) is 0.500. The zero-order chi connectivity index (χ0) is 13.3. The topological polar surface area (TPSA) is 38.3 Å². The van der Waals surface area contributed by atoms with Gasteiger partial charge in [-0.25, -0.2) is 9.18 Å². The van der Waals surface area contributed by atoms with Crippen molar-refractivity contribution in [3.63, 3.8) is 0 Å². The number of rotatable bonds is 2. The van der Waals surface area contributed by atoms with Crippen molar-refractivity contribution in [2.45, 2.75) is 44.8 Å². The van der Waals surface area contributed by atoms with Gasteiger partial charge in [-0.2, -0.15) is 0 Å². The molecule has 0 bridgehead atoms. The molecule has 1 aromatic carbocycles. The Morgan fingerprint density at radius 3 is 2.78 bits per heavy atom. The zero-order valence-electron chi connectivity index (χ0n) is 10.9. The minimum absolute atomic E-state index is 0.0571. The summed E-state index contributed by atoms with van der Waals surface area (Å²) in [5.74, 6) is -0.0383. The van der Waals surface area contributed by atoms with E-state index < -0.39 is 11.7 Å². The van der Waals surface area contributed by atoms with E-state index in [-0.39, 0.29) is 17.8 Å². The third-order valence-corrected chi connectivity index (χ3v) is 2.77. The molecule has 98 valence electrons. The van der Waals surface area contributed by atoms with E-state index in [0.29, 0.717) is 0 Å². The molecule has 2 unspecified atom stereocenters. The van der Waals surface area contributed by atoms with Crippen LogP contribution in [0.3, 0.4) is 0 Å². The van der Waals surface area contributed by atoms with Crippen LogP contribution in [-0.4, -0.2) is 17.7 Å². The number of nitrogens with one attached hydrogen (secondary N) is 1. The van der Waals surface area contributed by atoms with Crippen molar-refractivity contribution in [1.82, 2.24) is 5.32 Å². The number of ether oxygens (including phenoxy) is 1. The van der Waals surface area contributed by atoms with Gasteiger partial charge in [-0.1, -0.05) is 12.1 Å². The summed E-state index contributed by atoms with van der Waals surface area (Å²) in [6, 6.07) is 6.56. The van der Waals surface area contributed by atoms with E-state index in [0.717, 1.165) is 12.0 Å². The van der Waals surface area contributed by atoms with Gasteiger partial charge in [0.25, 0.3) is 0 Å². The van der Waals surface area contributed by atoms with E-state index in [2.05, 4.69) is 5.32 Å². The first-order chi connectivity index (χ1) is 8.35. The second-order valence-electron chi connectivity index (χ2n) is 5.65. The minimum atomic E-state index is -0.493. The van der Waals surface area contributed by atoms with Crippen molar-refractivity contribution in [2.24, 2.45) is 0 Å². The molecule has 2 rings (SSSR count). The first-order valence-electron chi connectivity index (χ1n) is 6.10. The molecule has 0 radical (unpaired) electrons. The molecule has 1 saturated carbocycles. The van der Waals surface area contributed by atoms with E-state index in [1.54, 1.807) is 6.07 Å². The summed E-state index contributed by atoms with van der Waals surface area (Å²) in [4.78, 5) is 11.5. The maximum absolute atomic E-state index is 13.1. The Morgan fingerprint density at radius 1 is 1.44 bits per heavy atom. The molecular weight excluding hydrogens is 233 g/mol. The Hall–Kier alpha value is -1.58. The van der Waals surface area contributed by atoms with Crippen molar-refractivity contribution >= 4 is 6.09 Å². The summed E-state index contributed by atoms with van der Waals surface area (Å²) in [5, 5.41) is 2.79. The van der Waals surface area contributed by atoms with Crippen molar-refractivity contribution < 1.29 is 13.9 Å². The van der Waals surface area contributed by atoms with Gasteiger partial charge >= 0.3 is 6.09 Å². The summed E-state index contributed by atoms with van der Waals surface area (Å²) < 4.78 is 18.2. The van der Waals surface area contributed by atoms with Crippen molar-refractivity contribution in [1.29, 1.82) is 0 Å². The van der Waals surface area contributed by atoms with Gasteiger partial charge in [0.1, 0.15) is 11.4 Å². The fourth-order valence-corrected chi connectivity index (χ4v) is 1.92. The van der Waals surface area contributed by atoms with Crippen LogP contribution < -0.4 is 5.32 Å². The Kier molecular flexibility index (Phi) is 3.28. The summed E-state index contributed by atoms with van der Waals surface area (Å²) in [5.41, 5.74) is 0.434. The van der Waals surface area contributed by atoms with Gasteiger partial charge in [-0.3, -0.25) is 0 Å². The molecule has 0 spiro atoms. The van der Waals surface area contributed by atoms with Gasteiger partial charge in [0.05, 0.1) is 0 Å². The van der Waals surface area contributed by atoms with Crippen LogP contribution in [-0.2, 0) is 4.74 Å². The van der Waals surface area contributed by atoms with Crippen LogP contribution in [0.2, 0.25) is 0 Å². The second-order valence-corrected chi connectivity index (χ2v) is 5.65. The molecule has 1 aliphatic rings. The lowest BCUT2D eigenvalue weighted by Crippen LogP contribution is -2.34. The zero-order valence-corrected chi connectivity index (χ0v) is 10.9. The average Bonchev–Trinajstić information content (AvgIpc) is 2.93. The third kappa shape index (κ3) is 3.45. The molecule has 1 fully saturated rings. The Bertz CT molecular complexity index is 453. The van der Waals surface area contributed by atoms with E-state index in [9.17, 15) is 9.18 Å². The molecule has 1 aliphatic carbocycles. The van der Waals surface area contributed by atoms with Crippen molar-refractivity contribution in [3.05, 3.63) is 35.6 Å². The molecule has 3 nitrogen and oxygen atoms in total. The highest BCUT2D eigenvalue weighted by molar-refractivity contribution is 5.69. The number of carbonyl (C=O) groups is 1. The largest absolute Gasteiger partial charge is 0.444 e. The molecule has 4 heteroatoms. The van der Waals surface area contributed by atoms with Gasteiger partial charge in [0, 0.05) is 12.0 Å². The SMILES string of the molecule is CC(C)(C)OC(=O)NC1CC1c1cccc(F)c1. The first-order valence-corrected chi connectivity index (χ1v) is 6.10. The highest BCUT2D eigenvalue weighted by atomic mass is 19.1. The number of hydrogen-bond donors (Lipinski definition) is 1. The quantitative estimate of drug-likeness (QED) is 0.876. The van der Waals surface area contributed by atoms with Crippen molar-refractivity contribution in [3.8, 4) is 0 Å². The molecule has 1 N–H and O–H groups in total. The molecule has 0 aromatic heterocycles. The maximum Gasteiger partial charge on any atom is 0.407 e. The number of amides is 1. The number of benzene rings is 1. The standard InChI is InChI=1S/C14H18FNO2/c1-14(2,3)18-13(17)16-12-8-11(12)9-5-4-6-10(15)7-9/h4-7,11-12H,8H2,1-3H3,(H,16,17). The van der Waals surface area contributed by atoms with Crippen molar-refractivity contribution in [2.75, 3.05) is 0 Å². The van der Waals surface area contributed by atoms with E-state index >= 15 is 0 Å². The predicted molar refractivity (Wildman–Crippen MR) is 66.9 cm³/mol. The monoisotopic (exact) mass is 251 g/mol. The Balaban J connectivity index is 1.87. The van der Waals surface area contributed by atoms with E-state index in [1.165, 1.54) is 12.1 Å². The van der Waals surface area contributed by atoms with Gasteiger partial charge in [0.15, 0.2) is 0 Å². The summed E-state index contributed by atoms with van der Waals surface area (Å²) in [6.45, 7) is 5.47. The highest BCUT2D eigenvalue weighted by Crippen LogP contribution is 2.40. The minimum Gasteiger partial charge on any atom is -0.444 e. The molecule has 2 atom stereocenters. The van der Waals surface area contributed by atoms with Crippen LogP contribution in [0, 0.1) is 5.82 Å². The van der Waals surface area contributed by atoms with Crippen LogP contribution in [0.4, 0.5) is 9.18 Å². The smallest absolute Gasteiger partial charge is 0.407 e. The molecular formula is C14H18FNO2. The van der Waals surface area contributed by atoms with Gasteiger partial charge < -0.3 is 10.1 Å². The molecule has 0 saturated heterocycles. The Morgan fingerprint density at radius 2 is 2.17 bits per heavy atom. The molecule has 18 heavy (non-hydrogen) atoms. The number of alkyl carbamates (subject to hydrolysis) is 1. The summed E-state index contributed by atoms with van der Waals surface area (Å²) >= 11 is 0. The molecule has 1 amide bonds. The number of carbonyl (C=O) groups excluding carboxylic acids is 1. The van der Waals surface area contributed by atoms with Gasteiger partial charge in [0.2, 0.25) is 0 Å².